The van der Waals surface area contributed by atoms with Crippen LogP contribution in [0.4, 0.5) is 5.69 Å². The molecule has 0 amide bonds. The smallest absolute Gasteiger partial charge is 0.333 e. The summed E-state index contributed by atoms with van der Waals surface area (Å²) in [5.41, 5.74) is 7.23. The van der Waals surface area contributed by atoms with E-state index in [-0.39, 0.29) is 11.7 Å². The average Bonchev–Trinajstić information content (AvgIpc) is 3.04. The third kappa shape index (κ3) is 4.30. The van der Waals surface area contributed by atoms with E-state index in [0.717, 1.165) is 22.5 Å². The van der Waals surface area contributed by atoms with E-state index in [4.69, 9.17) is 4.74 Å². The maximum absolute atomic E-state index is 11.4. The molecule has 6 heteroatoms. The van der Waals surface area contributed by atoms with Crippen LogP contribution in [0.2, 0.25) is 0 Å². The lowest BCUT2D eigenvalue weighted by molar-refractivity contribution is -0.138. The summed E-state index contributed by atoms with van der Waals surface area (Å²) >= 11 is 0. The van der Waals surface area contributed by atoms with Gasteiger partial charge in [-0.25, -0.2) is 4.79 Å². The van der Waals surface area contributed by atoms with Crippen LogP contribution in [-0.4, -0.2) is 29.8 Å². The van der Waals surface area contributed by atoms with Crippen molar-refractivity contribution in [3.05, 3.63) is 78.0 Å². The van der Waals surface area contributed by atoms with E-state index in [9.17, 15) is 9.90 Å². The molecule has 1 heterocycles. The topological polar surface area (TPSA) is 65.0 Å². The molecular formula is C21H23N3O3. The fourth-order valence-electron chi connectivity index (χ4n) is 2.74. The Morgan fingerprint density at radius 3 is 2.56 bits per heavy atom. The van der Waals surface area contributed by atoms with Crippen LogP contribution in [0, 0.1) is 0 Å². The molecule has 0 radical (unpaired) electrons. The van der Waals surface area contributed by atoms with Gasteiger partial charge in [-0.2, -0.15) is 0 Å². The van der Waals surface area contributed by atoms with Gasteiger partial charge in [0.05, 0.1) is 18.0 Å². The summed E-state index contributed by atoms with van der Waals surface area (Å²) in [5.74, 6) is -0.135. The third-order valence-corrected chi connectivity index (χ3v) is 4.22. The number of carbonyl (C=O) groups excluding carboxylic acids is 1. The number of carbonyl (C=O) groups is 1. The minimum Gasteiger partial charge on any atom is -0.507 e. The minimum atomic E-state index is -0.363. The maximum atomic E-state index is 11.4. The van der Waals surface area contributed by atoms with Gasteiger partial charge < -0.3 is 9.84 Å². The molecule has 0 saturated carbocycles. The molecule has 0 spiro atoms. The summed E-state index contributed by atoms with van der Waals surface area (Å²) in [5, 5.41) is 13.8. The zero-order valence-electron chi connectivity index (χ0n) is 15.5. The molecule has 140 valence electrons. The van der Waals surface area contributed by atoms with Gasteiger partial charge in [0.25, 0.3) is 0 Å². The number of ether oxygens (including phenoxy) is 1. The van der Waals surface area contributed by atoms with Gasteiger partial charge in [0, 0.05) is 30.8 Å². The number of hydrogen-bond acceptors (Lipinski definition) is 6. The summed E-state index contributed by atoms with van der Waals surface area (Å²) in [7, 11) is 1.90. The zero-order chi connectivity index (χ0) is 19.4. The number of aromatic hydroxyl groups is 1. The van der Waals surface area contributed by atoms with Gasteiger partial charge in [-0.15, -0.1) is 5.12 Å². The van der Waals surface area contributed by atoms with Crippen LogP contribution in [0.25, 0.3) is 5.70 Å². The molecule has 0 atom stereocenters. The lowest BCUT2D eigenvalue weighted by Crippen LogP contribution is -2.38. The quantitative estimate of drug-likeness (QED) is 0.605. The van der Waals surface area contributed by atoms with Crippen molar-refractivity contribution in [2.75, 3.05) is 18.7 Å². The Bertz CT molecular complexity index is 874. The van der Waals surface area contributed by atoms with Crippen LogP contribution in [0.3, 0.4) is 0 Å². The predicted molar refractivity (Wildman–Crippen MR) is 105 cm³/mol. The maximum Gasteiger partial charge on any atom is 0.333 e. The van der Waals surface area contributed by atoms with Crippen LogP contribution in [-0.2, 0) is 16.0 Å². The van der Waals surface area contributed by atoms with Crippen molar-refractivity contribution in [2.45, 2.75) is 13.3 Å². The first-order valence-corrected chi connectivity index (χ1v) is 8.67. The summed E-state index contributed by atoms with van der Waals surface area (Å²) in [6, 6.07) is 15.2. The number of anilines is 1. The van der Waals surface area contributed by atoms with Crippen LogP contribution < -0.4 is 10.4 Å². The molecule has 0 unspecified atom stereocenters. The number of nitrogens with zero attached hydrogens (tertiary/aromatic N) is 2. The van der Waals surface area contributed by atoms with E-state index in [2.05, 4.69) is 12.0 Å². The van der Waals surface area contributed by atoms with Crippen molar-refractivity contribution >= 4 is 17.4 Å². The zero-order valence-corrected chi connectivity index (χ0v) is 15.5. The van der Waals surface area contributed by atoms with E-state index in [1.165, 1.54) is 0 Å². The fourth-order valence-corrected chi connectivity index (χ4v) is 2.74. The number of para-hydroxylation sites is 1. The Balaban J connectivity index is 1.67. The molecule has 2 N–H and O–H groups in total. The predicted octanol–water partition coefficient (Wildman–Crippen LogP) is 3.22. The molecular weight excluding hydrogens is 342 g/mol. The molecule has 1 aliphatic rings. The highest BCUT2D eigenvalue weighted by Gasteiger charge is 2.21. The lowest BCUT2D eigenvalue weighted by Gasteiger charge is -2.24. The van der Waals surface area contributed by atoms with Gasteiger partial charge in [-0.1, -0.05) is 30.8 Å². The molecule has 27 heavy (non-hydrogen) atoms. The van der Waals surface area contributed by atoms with Gasteiger partial charge in [0.15, 0.2) is 0 Å². The number of hydrogen-bond donors (Lipinski definition) is 2. The van der Waals surface area contributed by atoms with Crippen molar-refractivity contribution in [1.29, 1.82) is 0 Å². The van der Waals surface area contributed by atoms with Gasteiger partial charge in [0.1, 0.15) is 5.75 Å². The second kappa shape index (κ2) is 7.97. The number of hydrazine groups is 2. The minimum absolute atomic E-state index is 0.228. The highest BCUT2D eigenvalue weighted by molar-refractivity contribution is 5.86. The molecule has 0 bridgehead atoms. The van der Waals surface area contributed by atoms with E-state index < -0.39 is 0 Å². The number of benzene rings is 2. The van der Waals surface area contributed by atoms with E-state index in [1.807, 2.05) is 59.8 Å². The number of phenolic OH excluding ortho intramolecular Hbond substituents is 1. The average molecular weight is 365 g/mol. The molecule has 3 rings (SSSR count). The van der Waals surface area contributed by atoms with Crippen molar-refractivity contribution in [3.8, 4) is 5.75 Å². The first-order valence-electron chi connectivity index (χ1n) is 8.67. The Kier molecular flexibility index (Phi) is 5.47. The van der Waals surface area contributed by atoms with Crippen molar-refractivity contribution in [1.82, 2.24) is 10.5 Å². The van der Waals surface area contributed by atoms with Crippen LogP contribution in [0.15, 0.2) is 66.9 Å². The summed E-state index contributed by atoms with van der Waals surface area (Å²) in [6.07, 6.45) is 2.57. The molecule has 0 fully saturated rings. The second-order valence-electron chi connectivity index (χ2n) is 6.37. The van der Waals surface area contributed by atoms with Crippen LogP contribution in [0.1, 0.15) is 18.1 Å². The Labute approximate surface area is 158 Å². The van der Waals surface area contributed by atoms with Gasteiger partial charge in [-0.05, 0) is 36.8 Å². The van der Waals surface area contributed by atoms with E-state index >= 15 is 0 Å². The van der Waals surface area contributed by atoms with Crippen LogP contribution >= 0.6 is 0 Å². The summed E-state index contributed by atoms with van der Waals surface area (Å²) in [6.45, 7) is 5.53. The normalized spacial score (nSPS) is 13.9. The molecule has 6 nitrogen and oxygen atoms in total. The number of esters is 1. The highest BCUT2D eigenvalue weighted by atomic mass is 16.5. The third-order valence-electron chi connectivity index (χ3n) is 4.22. The molecule has 0 aliphatic carbocycles. The number of rotatable bonds is 6. The van der Waals surface area contributed by atoms with Gasteiger partial charge in [-0.3, -0.25) is 10.4 Å². The first-order chi connectivity index (χ1) is 13.0. The molecule has 0 aromatic heterocycles. The Morgan fingerprint density at radius 2 is 1.89 bits per heavy atom. The van der Waals surface area contributed by atoms with Gasteiger partial charge in [0.2, 0.25) is 0 Å². The Hall–Kier alpha value is -3.25. The summed E-state index contributed by atoms with van der Waals surface area (Å²) in [4.78, 5) is 11.4. The molecule has 2 aromatic carbocycles. The largest absolute Gasteiger partial charge is 0.507 e. The SMILES string of the molecule is C=C(C)C(=O)OCCc1ccc(N2C=C(c3ccccc3O)NN2C)cc1. The second-order valence-corrected chi connectivity index (χ2v) is 6.37. The van der Waals surface area contributed by atoms with Crippen molar-refractivity contribution in [2.24, 2.45) is 0 Å². The lowest BCUT2D eigenvalue weighted by atomic mass is 10.1. The monoisotopic (exact) mass is 365 g/mol. The number of nitrogens with one attached hydrogen (secondary N) is 1. The Morgan fingerprint density at radius 1 is 1.19 bits per heavy atom. The van der Waals surface area contributed by atoms with Crippen molar-refractivity contribution in [3.63, 3.8) is 0 Å². The molecule has 2 aromatic rings. The van der Waals surface area contributed by atoms with E-state index in [0.29, 0.717) is 18.6 Å². The number of phenols is 1. The molecule has 0 saturated heterocycles. The fraction of sp³-hybridized carbons (Fsp3) is 0.190. The standard InChI is InChI=1S/C21H23N3O3/c1-15(2)21(26)27-13-12-16-8-10-17(11-9-16)24-14-19(22-23(24)3)18-6-4-5-7-20(18)25/h4-11,14,22,25H,1,12-13H2,2-3H3. The first kappa shape index (κ1) is 18.5. The molecule has 1 aliphatic heterocycles. The summed E-state index contributed by atoms with van der Waals surface area (Å²) < 4.78 is 5.13. The highest BCUT2D eigenvalue weighted by Crippen LogP contribution is 2.29. The van der Waals surface area contributed by atoms with Crippen LogP contribution in [0.5, 0.6) is 5.75 Å². The van der Waals surface area contributed by atoms with E-state index in [1.54, 1.807) is 19.1 Å². The van der Waals surface area contributed by atoms with Crippen molar-refractivity contribution < 1.29 is 14.6 Å². The van der Waals surface area contributed by atoms with Gasteiger partial charge >= 0.3 is 5.97 Å².